The number of hydrogen-bond acceptors (Lipinski definition) is 3. The van der Waals surface area contributed by atoms with Gasteiger partial charge in [0.25, 0.3) is 0 Å². The fourth-order valence-corrected chi connectivity index (χ4v) is 1.66. The van der Waals surface area contributed by atoms with Crippen LogP contribution in [0.5, 0.6) is 5.75 Å². The summed E-state index contributed by atoms with van der Waals surface area (Å²) in [5, 5.41) is 3.35. The minimum atomic E-state index is 0.739. The van der Waals surface area contributed by atoms with Crippen LogP contribution in [-0.2, 0) is 0 Å². The van der Waals surface area contributed by atoms with Gasteiger partial charge in [-0.15, -0.1) is 0 Å². The molecule has 2 nitrogen and oxygen atoms in total. The van der Waals surface area contributed by atoms with E-state index in [0.29, 0.717) is 0 Å². The van der Waals surface area contributed by atoms with Crippen LogP contribution in [0.15, 0.2) is 30.3 Å². The molecule has 0 saturated heterocycles. The van der Waals surface area contributed by atoms with Crippen molar-refractivity contribution in [3.05, 3.63) is 30.3 Å². The van der Waals surface area contributed by atoms with E-state index >= 15 is 0 Å². The third-order valence-corrected chi connectivity index (χ3v) is 2.69. The van der Waals surface area contributed by atoms with Gasteiger partial charge in [0.1, 0.15) is 12.4 Å². The van der Waals surface area contributed by atoms with Gasteiger partial charge in [0, 0.05) is 6.54 Å². The van der Waals surface area contributed by atoms with Crippen LogP contribution < -0.4 is 10.1 Å². The molecule has 1 N–H and O–H groups in total. The molecule has 0 bridgehead atoms. The molecular formula is C12H19NOS. The summed E-state index contributed by atoms with van der Waals surface area (Å²) in [5.74, 6) is 2.18. The van der Waals surface area contributed by atoms with Gasteiger partial charge in [-0.1, -0.05) is 18.2 Å². The zero-order valence-corrected chi connectivity index (χ0v) is 10.1. The van der Waals surface area contributed by atoms with Gasteiger partial charge in [-0.05, 0) is 37.1 Å². The van der Waals surface area contributed by atoms with Crippen LogP contribution in [-0.4, -0.2) is 31.7 Å². The Balaban J connectivity index is 1.93. The lowest BCUT2D eigenvalue weighted by Crippen LogP contribution is -2.22. The third-order valence-electron chi connectivity index (χ3n) is 1.99. The second-order valence-corrected chi connectivity index (χ2v) is 4.24. The van der Waals surface area contributed by atoms with Crippen molar-refractivity contribution in [1.82, 2.24) is 5.32 Å². The Hall–Kier alpha value is -0.670. The van der Waals surface area contributed by atoms with Crippen molar-refractivity contribution in [2.45, 2.75) is 6.42 Å². The van der Waals surface area contributed by atoms with Crippen LogP contribution in [0, 0.1) is 0 Å². The number of hydrogen-bond donors (Lipinski definition) is 1. The van der Waals surface area contributed by atoms with Gasteiger partial charge >= 0.3 is 0 Å². The average Bonchev–Trinajstić information content (AvgIpc) is 2.29. The van der Waals surface area contributed by atoms with Crippen LogP contribution >= 0.6 is 11.8 Å². The van der Waals surface area contributed by atoms with Gasteiger partial charge in [-0.2, -0.15) is 11.8 Å². The molecule has 0 unspecified atom stereocenters. The normalized spacial score (nSPS) is 10.2. The number of para-hydroxylation sites is 1. The Morgan fingerprint density at radius 1 is 1.20 bits per heavy atom. The van der Waals surface area contributed by atoms with Crippen molar-refractivity contribution in [1.29, 1.82) is 0 Å². The summed E-state index contributed by atoms with van der Waals surface area (Å²) in [6.45, 7) is 2.74. The highest BCUT2D eigenvalue weighted by Gasteiger charge is 1.91. The Bertz CT molecular complexity index is 241. The predicted octanol–water partition coefficient (Wildman–Crippen LogP) is 2.41. The van der Waals surface area contributed by atoms with E-state index in [1.54, 1.807) is 0 Å². The molecule has 0 aromatic heterocycles. The van der Waals surface area contributed by atoms with Crippen molar-refractivity contribution >= 4 is 11.8 Å². The lowest BCUT2D eigenvalue weighted by molar-refractivity contribution is 0.314. The first kappa shape index (κ1) is 12.4. The number of ether oxygens (including phenoxy) is 1. The fraction of sp³-hybridized carbons (Fsp3) is 0.500. The molecule has 0 heterocycles. The molecule has 1 aromatic rings. The molecule has 0 aliphatic carbocycles. The quantitative estimate of drug-likeness (QED) is 0.687. The minimum absolute atomic E-state index is 0.739. The zero-order valence-electron chi connectivity index (χ0n) is 9.24. The number of benzene rings is 1. The summed E-state index contributed by atoms with van der Waals surface area (Å²) in [7, 11) is 0. The standard InChI is InChI=1S/C12H19NOS/c1-15-11-5-8-13-9-10-14-12-6-3-2-4-7-12/h2-4,6-7,13H,5,8-11H2,1H3. The molecule has 1 aromatic carbocycles. The van der Waals surface area contributed by atoms with E-state index in [4.69, 9.17) is 4.74 Å². The van der Waals surface area contributed by atoms with Gasteiger partial charge < -0.3 is 10.1 Å². The second-order valence-electron chi connectivity index (χ2n) is 3.26. The van der Waals surface area contributed by atoms with Gasteiger partial charge in [-0.3, -0.25) is 0 Å². The SMILES string of the molecule is CSCCCNCCOc1ccccc1. The Morgan fingerprint density at radius 2 is 2.00 bits per heavy atom. The van der Waals surface area contributed by atoms with E-state index < -0.39 is 0 Å². The topological polar surface area (TPSA) is 21.3 Å². The molecule has 0 saturated carbocycles. The van der Waals surface area contributed by atoms with E-state index in [2.05, 4.69) is 11.6 Å². The number of nitrogens with one attached hydrogen (secondary N) is 1. The molecule has 0 fully saturated rings. The maximum atomic E-state index is 5.54. The molecule has 3 heteroatoms. The summed E-state index contributed by atoms with van der Waals surface area (Å²) in [4.78, 5) is 0. The van der Waals surface area contributed by atoms with Crippen LogP contribution in [0.25, 0.3) is 0 Å². The summed E-state index contributed by atoms with van der Waals surface area (Å²) in [6, 6.07) is 9.93. The van der Waals surface area contributed by atoms with Crippen molar-refractivity contribution in [2.24, 2.45) is 0 Å². The maximum Gasteiger partial charge on any atom is 0.119 e. The van der Waals surface area contributed by atoms with Gasteiger partial charge in [-0.25, -0.2) is 0 Å². The van der Waals surface area contributed by atoms with Crippen LogP contribution in [0.4, 0.5) is 0 Å². The molecule has 1 rings (SSSR count). The molecule has 0 atom stereocenters. The predicted molar refractivity (Wildman–Crippen MR) is 67.8 cm³/mol. The summed E-state index contributed by atoms with van der Waals surface area (Å²) in [6.07, 6.45) is 3.37. The molecule has 0 amide bonds. The van der Waals surface area contributed by atoms with Gasteiger partial charge in [0.2, 0.25) is 0 Å². The fourth-order valence-electron chi connectivity index (χ4n) is 1.22. The Labute approximate surface area is 96.4 Å². The van der Waals surface area contributed by atoms with Crippen LogP contribution in [0.2, 0.25) is 0 Å². The first-order chi connectivity index (χ1) is 7.43. The molecule has 0 aliphatic rings. The van der Waals surface area contributed by atoms with E-state index in [1.807, 2.05) is 42.1 Å². The van der Waals surface area contributed by atoms with Crippen molar-refractivity contribution in [3.63, 3.8) is 0 Å². The Kier molecular flexibility index (Phi) is 7.13. The summed E-state index contributed by atoms with van der Waals surface area (Å²) >= 11 is 1.89. The molecule has 0 aliphatic heterocycles. The second kappa shape index (κ2) is 8.62. The summed E-state index contributed by atoms with van der Waals surface area (Å²) < 4.78 is 5.54. The van der Waals surface area contributed by atoms with Gasteiger partial charge in [0.15, 0.2) is 0 Å². The van der Waals surface area contributed by atoms with E-state index in [0.717, 1.165) is 25.4 Å². The first-order valence-corrected chi connectivity index (χ1v) is 6.70. The average molecular weight is 225 g/mol. The lowest BCUT2D eigenvalue weighted by Gasteiger charge is -2.06. The van der Waals surface area contributed by atoms with Crippen LogP contribution in [0.3, 0.4) is 0 Å². The highest BCUT2D eigenvalue weighted by Crippen LogP contribution is 2.07. The molecule has 84 valence electrons. The van der Waals surface area contributed by atoms with Crippen molar-refractivity contribution < 1.29 is 4.74 Å². The zero-order chi connectivity index (χ0) is 10.8. The minimum Gasteiger partial charge on any atom is -0.492 e. The van der Waals surface area contributed by atoms with E-state index in [1.165, 1.54) is 12.2 Å². The molecule has 0 radical (unpaired) electrons. The monoisotopic (exact) mass is 225 g/mol. The molecular weight excluding hydrogens is 206 g/mol. The summed E-state index contributed by atoms with van der Waals surface area (Å²) in [5.41, 5.74) is 0. The highest BCUT2D eigenvalue weighted by atomic mass is 32.2. The van der Waals surface area contributed by atoms with E-state index in [9.17, 15) is 0 Å². The lowest BCUT2D eigenvalue weighted by atomic mass is 10.3. The Morgan fingerprint density at radius 3 is 2.73 bits per heavy atom. The molecule has 15 heavy (non-hydrogen) atoms. The van der Waals surface area contributed by atoms with Crippen molar-refractivity contribution in [2.75, 3.05) is 31.7 Å². The van der Waals surface area contributed by atoms with Crippen LogP contribution in [0.1, 0.15) is 6.42 Å². The first-order valence-electron chi connectivity index (χ1n) is 5.31. The largest absolute Gasteiger partial charge is 0.492 e. The van der Waals surface area contributed by atoms with Crippen molar-refractivity contribution in [3.8, 4) is 5.75 Å². The molecule has 0 spiro atoms. The highest BCUT2D eigenvalue weighted by molar-refractivity contribution is 7.98. The maximum absolute atomic E-state index is 5.54. The number of thioether (sulfide) groups is 1. The smallest absolute Gasteiger partial charge is 0.119 e. The number of rotatable bonds is 8. The van der Waals surface area contributed by atoms with E-state index in [-0.39, 0.29) is 0 Å². The van der Waals surface area contributed by atoms with Gasteiger partial charge in [0.05, 0.1) is 0 Å². The third kappa shape index (κ3) is 6.42.